The lowest BCUT2D eigenvalue weighted by Gasteiger charge is -2.14. The molecule has 0 atom stereocenters. The second-order valence-corrected chi connectivity index (χ2v) is 7.68. The van der Waals surface area contributed by atoms with E-state index in [2.05, 4.69) is 10.6 Å². The van der Waals surface area contributed by atoms with Gasteiger partial charge in [0.1, 0.15) is 5.00 Å². The summed E-state index contributed by atoms with van der Waals surface area (Å²) in [6.07, 6.45) is 4.09. The Balaban J connectivity index is 1.73. The molecule has 4 nitrogen and oxygen atoms in total. The van der Waals surface area contributed by atoms with Crippen molar-refractivity contribution in [2.45, 2.75) is 32.6 Å². The molecule has 0 aliphatic heterocycles. The first-order valence-electron chi connectivity index (χ1n) is 8.84. The number of amides is 2. The topological polar surface area (TPSA) is 58.2 Å². The zero-order chi connectivity index (χ0) is 18.1. The van der Waals surface area contributed by atoms with Crippen LogP contribution in [0.5, 0.6) is 0 Å². The van der Waals surface area contributed by atoms with Crippen LogP contribution in [0.3, 0.4) is 0 Å². The van der Waals surface area contributed by atoms with E-state index in [9.17, 15) is 9.59 Å². The minimum Gasteiger partial charge on any atom is -0.321 e. The summed E-state index contributed by atoms with van der Waals surface area (Å²) in [5.41, 5.74) is 2.52. The number of rotatable bonds is 3. The number of hydrogen-bond donors (Lipinski definition) is 2. The number of carbonyl (C=O) groups is 2. The third kappa shape index (κ3) is 3.10. The maximum atomic E-state index is 13.1. The van der Waals surface area contributed by atoms with Crippen LogP contribution in [0.15, 0.2) is 42.5 Å². The molecule has 2 amide bonds. The van der Waals surface area contributed by atoms with Crippen LogP contribution in [0, 0.1) is 0 Å². The van der Waals surface area contributed by atoms with E-state index >= 15 is 0 Å². The summed E-state index contributed by atoms with van der Waals surface area (Å²) in [6, 6.07) is 13.9. The largest absolute Gasteiger partial charge is 0.321 e. The Morgan fingerprint density at radius 2 is 1.73 bits per heavy atom. The van der Waals surface area contributed by atoms with Crippen molar-refractivity contribution in [1.82, 2.24) is 0 Å². The van der Waals surface area contributed by atoms with Crippen LogP contribution in [-0.4, -0.2) is 11.8 Å². The maximum absolute atomic E-state index is 13.1. The molecule has 1 aliphatic carbocycles. The first kappa shape index (κ1) is 16.8. The van der Waals surface area contributed by atoms with E-state index in [0.29, 0.717) is 10.6 Å². The molecule has 0 spiro atoms. The summed E-state index contributed by atoms with van der Waals surface area (Å²) in [5.74, 6) is -0.299. The van der Waals surface area contributed by atoms with Gasteiger partial charge in [0.25, 0.3) is 5.91 Å². The normalized spacial score (nSPS) is 13.3. The maximum Gasteiger partial charge on any atom is 0.258 e. The summed E-state index contributed by atoms with van der Waals surface area (Å²) in [5, 5.41) is 8.68. The molecule has 1 aromatic heterocycles. The standard InChI is InChI=1S/C21H20N2O2S/c1-13(24)22-21-19(16-10-4-5-12-18(16)26-21)20(25)23-17-11-6-8-14-7-2-3-9-15(14)17/h2-3,6-9,11H,4-5,10,12H2,1H3,(H,22,24)(H,23,25). The fourth-order valence-corrected chi connectivity index (χ4v) is 4.91. The second kappa shape index (κ2) is 6.92. The minimum absolute atomic E-state index is 0.149. The highest BCUT2D eigenvalue weighted by atomic mass is 32.1. The van der Waals surface area contributed by atoms with Crippen LogP contribution in [-0.2, 0) is 17.6 Å². The van der Waals surface area contributed by atoms with Gasteiger partial charge in [-0.2, -0.15) is 0 Å². The summed E-state index contributed by atoms with van der Waals surface area (Å²) in [4.78, 5) is 26.0. The van der Waals surface area contributed by atoms with Gasteiger partial charge in [0, 0.05) is 22.9 Å². The molecule has 4 rings (SSSR count). The number of thiophene rings is 1. The molecular weight excluding hydrogens is 344 g/mol. The van der Waals surface area contributed by atoms with Gasteiger partial charge in [0.05, 0.1) is 5.56 Å². The number of benzene rings is 2. The van der Waals surface area contributed by atoms with E-state index in [4.69, 9.17) is 0 Å². The van der Waals surface area contributed by atoms with Gasteiger partial charge >= 0.3 is 0 Å². The summed E-state index contributed by atoms with van der Waals surface area (Å²) in [6.45, 7) is 1.48. The van der Waals surface area contributed by atoms with E-state index in [0.717, 1.165) is 47.7 Å². The first-order chi connectivity index (χ1) is 12.6. The van der Waals surface area contributed by atoms with Crippen molar-refractivity contribution < 1.29 is 9.59 Å². The molecular formula is C21H20N2O2S. The fraction of sp³-hybridized carbons (Fsp3) is 0.238. The Hall–Kier alpha value is -2.66. The fourth-order valence-electron chi connectivity index (χ4n) is 3.57. The van der Waals surface area contributed by atoms with Gasteiger partial charge < -0.3 is 10.6 Å². The van der Waals surface area contributed by atoms with Crippen LogP contribution < -0.4 is 10.6 Å². The molecule has 0 fully saturated rings. The van der Waals surface area contributed by atoms with E-state index in [1.54, 1.807) is 11.3 Å². The van der Waals surface area contributed by atoms with E-state index in [1.165, 1.54) is 11.8 Å². The molecule has 0 unspecified atom stereocenters. The third-order valence-electron chi connectivity index (χ3n) is 4.73. The van der Waals surface area contributed by atoms with Crippen molar-refractivity contribution in [3.8, 4) is 0 Å². The van der Waals surface area contributed by atoms with Crippen LogP contribution in [0.25, 0.3) is 10.8 Å². The molecule has 0 saturated heterocycles. The number of hydrogen-bond acceptors (Lipinski definition) is 3. The highest BCUT2D eigenvalue weighted by Gasteiger charge is 2.26. The average molecular weight is 364 g/mol. The lowest BCUT2D eigenvalue weighted by atomic mass is 9.95. The number of aryl methyl sites for hydroxylation is 1. The zero-order valence-electron chi connectivity index (χ0n) is 14.6. The van der Waals surface area contributed by atoms with Gasteiger partial charge in [-0.3, -0.25) is 9.59 Å². The molecule has 1 aliphatic rings. The minimum atomic E-state index is -0.150. The Morgan fingerprint density at radius 1 is 0.962 bits per heavy atom. The Labute approximate surface area is 156 Å². The molecule has 1 heterocycles. The summed E-state index contributed by atoms with van der Waals surface area (Å²) in [7, 11) is 0. The molecule has 3 aromatic rings. The molecule has 2 N–H and O–H groups in total. The number of anilines is 2. The van der Waals surface area contributed by atoms with Gasteiger partial charge in [0.15, 0.2) is 0 Å². The van der Waals surface area contributed by atoms with Gasteiger partial charge in [-0.05, 0) is 42.7 Å². The van der Waals surface area contributed by atoms with Gasteiger partial charge in [0.2, 0.25) is 5.91 Å². The Bertz CT molecular complexity index is 1000. The number of nitrogens with one attached hydrogen (secondary N) is 2. The molecule has 132 valence electrons. The van der Waals surface area contributed by atoms with E-state index < -0.39 is 0 Å². The zero-order valence-corrected chi connectivity index (χ0v) is 15.4. The van der Waals surface area contributed by atoms with Gasteiger partial charge in [-0.25, -0.2) is 0 Å². The summed E-state index contributed by atoms with van der Waals surface area (Å²) >= 11 is 1.54. The predicted molar refractivity (Wildman–Crippen MR) is 107 cm³/mol. The molecule has 26 heavy (non-hydrogen) atoms. The van der Waals surface area contributed by atoms with Crippen molar-refractivity contribution in [3.63, 3.8) is 0 Å². The van der Waals surface area contributed by atoms with Gasteiger partial charge in [-0.15, -0.1) is 11.3 Å². The molecule has 0 radical (unpaired) electrons. The number of fused-ring (bicyclic) bond motifs is 2. The van der Waals surface area contributed by atoms with Crippen molar-refractivity contribution in [1.29, 1.82) is 0 Å². The molecule has 0 saturated carbocycles. The first-order valence-corrected chi connectivity index (χ1v) is 9.66. The van der Waals surface area contributed by atoms with E-state index in [-0.39, 0.29) is 11.8 Å². The molecule has 5 heteroatoms. The second-order valence-electron chi connectivity index (χ2n) is 6.58. The molecule has 2 aromatic carbocycles. The highest BCUT2D eigenvalue weighted by Crippen LogP contribution is 2.38. The third-order valence-corrected chi connectivity index (χ3v) is 5.93. The number of carbonyl (C=O) groups excluding carboxylic acids is 2. The van der Waals surface area contributed by atoms with Crippen LogP contribution >= 0.6 is 11.3 Å². The quantitative estimate of drug-likeness (QED) is 0.688. The monoisotopic (exact) mass is 364 g/mol. The Morgan fingerprint density at radius 3 is 2.58 bits per heavy atom. The van der Waals surface area contributed by atoms with Crippen LogP contribution in [0.4, 0.5) is 10.7 Å². The smallest absolute Gasteiger partial charge is 0.258 e. The Kier molecular flexibility index (Phi) is 4.47. The van der Waals surface area contributed by atoms with Gasteiger partial charge in [-0.1, -0.05) is 36.4 Å². The SMILES string of the molecule is CC(=O)Nc1sc2c(c1C(=O)Nc1cccc3ccccc13)CCCC2. The molecule has 0 bridgehead atoms. The van der Waals surface area contributed by atoms with Crippen molar-refractivity contribution in [2.75, 3.05) is 10.6 Å². The van der Waals surface area contributed by atoms with Crippen molar-refractivity contribution in [2.24, 2.45) is 0 Å². The van der Waals surface area contributed by atoms with Crippen molar-refractivity contribution in [3.05, 3.63) is 58.5 Å². The van der Waals surface area contributed by atoms with Crippen molar-refractivity contribution >= 4 is 44.6 Å². The van der Waals surface area contributed by atoms with Crippen LogP contribution in [0.1, 0.15) is 40.6 Å². The lowest BCUT2D eigenvalue weighted by Crippen LogP contribution is -2.17. The highest BCUT2D eigenvalue weighted by molar-refractivity contribution is 7.17. The van der Waals surface area contributed by atoms with E-state index in [1.807, 2.05) is 42.5 Å². The predicted octanol–water partition coefficient (Wildman–Crippen LogP) is 4.99. The lowest BCUT2D eigenvalue weighted by molar-refractivity contribution is -0.114. The average Bonchev–Trinajstić information content (AvgIpc) is 2.99. The van der Waals surface area contributed by atoms with Crippen LogP contribution in [0.2, 0.25) is 0 Å². The summed E-state index contributed by atoms with van der Waals surface area (Å²) < 4.78 is 0.